The van der Waals surface area contributed by atoms with E-state index in [0.717, 1.165) is 5.69 Å². The summed E-state index contributed by atoms with van der Waals surface area (Å²) in [5.74, 6) is -0.333. The smallest absolute Gasteiger partial charge is 0.321 e. The molecule has 148 valence electrons. The van der Waals surface area contributed by atoms with Gasteiger partial charge in [0.1, 0.15) is 0 Å². The number of nitrogens with zero attached hydrogens (tertiary/aromatic N) is 3. The molecular weight excluding hydrogens is 350 g/mol. The van der Waals surface area contributed by atoms with E-state index in [1.165, 1.54) is 12.1 Å². The highest BCUT2D eigenvalue weighted by Gasteiger charge is 2.27. The van der Waals surface area contributed by atoms with Crippen LogP contribution in [0.4, 0.5) is 16.2 Å². The number of imide groups is 1. The van der Waals surface area contributed by atoms with E-state index in [0.29, 0.717) is 26.2 Å². The molecule has 2 rings (SSSR count). The van der Waals surface area contributed by atoms with Crippen LogP contribution in [0.25, 0.3) is 0 Å². The number of non-ortho nitro benzene ring substituents is 1. The number of hydrogen-bond donors (Lipinski definition) is 2. The second-order valence-electron chi connectivity index (χ2n) is 7.67. The van der Waals surface area contributed by atoms with Crippen LogP contribution in [-0.4, -0.2) is 59.5 Å². The molecule has 9 nitrogen and oxygen atoms in total. The van der Waals surface area contributed by atoms with E-state index in [-0.39, 0.29) is 11.6 Å². The van der Waals surface area contributed by atoms with Crippen LogP contribution in [0.15, 0.2) is 24.3 Å². The van der Waals surface area contributed by atoms with Crippen molar-refractivity contribution in [1.29, 1.82) is 0 Å². The highest BCUT2D eigenvalue weighted by molar-refractivity contribution is 5.97. The van der Waals surface area contributed by atoms with Crippen molar-refractivity contribution in [2.75, 3.05) is 31.1 Å². The van der Waals surface area contributed by atoms with Gasteiger partial charge in [-0.2, -0.15) is 0 Å². The van der Waals surface area contributed by atoms with Gasteiger partial charge >= 0.3 is 6.03 Å². The van der Waals surface area contributed by atoms with Crippen molar-refractivity contribution in [1.82, 2.24) is 15.5 Å². The highest BCUT2D eigenvalue weighted by atomic mass is 16.6. The number of urea groups is 1. The van der Waals surface area contributed by atoms with Gasteiger partial charge in [-0.3, -0.25) is 25.1 Å². The number of rotatable bonds is 4. The number of anilines is 1. The summed E-state index contributed by atoms with van der Waals surface area (Å²) < 4.78 is 0. The molecule has 1 aromatic carbocycles. The zero-order valence-corrected chi connectivity index (χ0v) is 16.2. The summed E-state index contributed by atoms with van der Waals surface area (Å²) in [6, 6.07) is 5.54. The molecule has 1 aromatic rings. The quantitative estimate of drug-likeness (QED) is 0.611. The van der Waals surface area contributed by atoms with Crippen molar-refractivity contribution in [3.05, 3.63) is 34.4 Å². The normalized spacial score (nSPS) is 16.5. The molecule has 1 saturated heterocycles. The Labute approximate surface area is 158 Å². The Morgan fingerprint density at radius 2 is 1.67 bits per heavy atom. The van der Waals surface area contributed by atoms with Gasteiger partial charge in [0.15, 0.2) is 0 Å². The zero-order valence-electron chi connectivity index (χ0n) is 16.2. The summed E-state index contributed by atoms with van der Waals surface area (Å²) in [5, 5.41) is 15.8. The summed E-state index contributed by atoms with van der Waals surface area (Å²) in [6.07, 6.45) is 0. The Balaban J connectivity index is 1.86. The molecule has 1 atom stereocenters. The number of benzene rings is 1. The van der Waals surface area contributed by atoms with Crippen molar-refractivity contribution < 1.29 is 14.5 Å². The molecule has 9 heteroatoms. The van der Waals surface area contributed by atoms with E-state index in [2.05, 4.69) is 15.5 Å². The molecule has 1 unspecified atom stereocenters. The van der Waals surface area contributed by atoms with E-state index in [4.69, 9.17) is 0 Å². The van der Waals surface area contributed by atoms with Gasteiger partial charge in [0.25, 0.3) is 5.69 Å². The number of hydrogen-bond acceptors (Lipinski definition) is 6. The molecule has 1 heterocycles. The molecule has 27 heavy (non-hydrogen) atoms. The van der Waals surface area contributed by atoms with Crippen LogP contribution < -0.4 is 15.5 Å². The predicted molar refractivity (Wildman–Crippen MR) is 103 cm³/mol. The standard InChI is InChI=1S/C18H27N5O4/c1-13(16(24)19-17(25)20-18(2,3)4)21-9-11-22(12-10-21)14-5-7-15(8-6-14)23(26)27/h5-8,13H,9-12H2,1-4H3,(H2,19,20,24,25). The first-order valence-electron chi connectivity index (χ1n) is 8.93. The van der Waals surface area contributed by atoms with Crippen LogP contribution >= 0.6 is 0 Å². The highest BCUT2D eigenvalue weighted by Crippen LogP contribution is 2.21. The molecule has 0 bridgehead atoms. The van der Waals surface area contributed by atoms with Crippen molar-refractivity contribution in [3.63, 3.8) is 0 Å². The van der Waals surface area contributed by atoms with E-state index < -0.39 is 22.5 Å². The summed E-state index contributed by atoms with van der Waals surface area (Å²) in [6.45, 7) is 10.0. The number of carbonyl (C=O) groups is 2. The van der Waals surface area contributed by atoms with Gasteiger partial charge in [0, 0.05) is 49.5 Å². The Morgan fingerprint density at radius 1 is 1.11 bits per heavy atom. The first-order valence-corrected chi connectivity index (χ1v) is 8.93. The Hall–Kier alpha value is -2.68. The molecule has 0 radical (unpaired) electrons. The van der Waals surface area contributed by atoms with Gasteiger partial charge in [-0.15, -0.1) is 0 Å². The lowest BCUT2D eigenvalue weighted by molar-refractivity contribution is -0.384. The predicted octanol–water partition coefficient (Wildman–Crippen LogP) is 1.73. The minimum absolute atomic E-state index is 0.0659. The van der Waals surface area contributed by atoms with Gasteiger partial charge in [-0.05, 0) is 39.8 Å². The fraction of sp³-hybridized carbons (Fsp3) is 0.556. The minimum Gasteiger partial charge on any atom is -0.369 e. The lowest BCUT2D eigenvalue weighted by Gasteiger charge is -2.38. The maximum atomic E-state index is 12.3. The van der Waals surface area contributed by atoms with Gasteiger partial charge in [-0.25, -0.2) is 4.79 Å². The maximum Gasteiger partial charge on any atom is 0.321 e. The number of nitro groups is 1. The Bertz CT molecular complexity index is 691. The first-order chi connectivity index (χ1) is 12.6. The van der Waals surface area contributed by atoms with E-state index in [9.17, 15) is 19.7 Å². The summed E-state index contributed by atoms with van der Waals surface area (Å²) in [4.78, 5) is 38.6. The number of nitro benzene ring substituents is 1. The third-order valence-electron chi connectivity index (χ3n) is 4.39. The molecule has 0 aromatic heterocycles. The average molecular weight is 377 g/mol. The average Bonchev–Trinajstić information content (AvgIpc) is 2.59. The van der Waals surface area contributed by atoms with Crippen molar-refractivity contribution >= 4 is 23.3 Å². The first kappa shape index (κ1) is 20.6. The van der Waals surface area contributed by atoms with Gasteiger partial charge < -0.3 is 10.2 Å². The fourth-order valence-electron chi connectivity index (χ4n) is 2.91. The Kier molecular flexibility index (Phi) is 6.37. The van der Waals surface area contributed by atoms with Crippen LogP contribution in [0.3, 0.4) is 0 Å². The van der Waals surface area contributed by atoms with E-state index in [1.54, 1.807) is 19.1 Å². The van der Waals surface area contributed by atoms with E-state index in [1.807, 2.05) is 25.7 Å². The van der Waals surface area contributed by atoms with Crippen LogP contribution in [0.1, 0.15) is 27.7 Å². The molecule has 1 fully saturated rings. The molecule has 0 aliphatic carbocycles. The second-order valence-corrected chi connectivity index (χ2v) is 7.67. The molecule has 1 aliphatic rings. The van der Waals surface area contributed by atoms with Crippen LogP contribution in [0.2, 0.25) is 0 Å². The van der Waals surface area contributed by atoms with E-state index >= 15 is 0 Å². The van der Waals surface area contributed by atoms with Crippen molar-refractivity contribution in [2.24, 2.45) is 0 Å². The minimum atomic E-state index is -0.496. The topological polar surface area (TPSA) is 108 Å². The van der Waals surface area contributed by atoms with Crippen LogP contribution in [-0.2, 0) is 4.79 Å². The van der Waals surface area contributed by atoms with Crippen LogP contribution in [0, 0.1) is 10.1 Å². The lowest BCUT2D eigenvalue weighted by atomic mass is 10.1. The molecule has 0 saturated carbocycles. The van der Waals surface area contributed by atoms with Gasteiger partial charge in [0.2, 0.25) is 5.91 Å². The SMILES string of the molecule is CC(C(=O)NC(=O)NC(C)(C)C)N1CCN(c2ccc([N+](=O)[O-])cc2)CC1. The zero-order chi connectivity index (χ0) is 20.2. The maximum absolute atomic E-state index is 12.3. The summed E-state index contributed by atoms with van der Waals surface area (Å²) >= 11 is 0. The Morgan fingerprint density at radius 3 is 2.15 bits per heavy atom. The molecular formula is C18H27N5O4. The summed E-state index contributed by atoms with van der Waals surface area (Å²) in [5.41, 5.74) is 0.572. The number of nitrogens with one attached hydrogen (secondary N) is 2. The van der Waals surface area contributed by atoms with Crippen molar-refractivity contribution in [2.45, 2.75) is 39.3 Å². The van der Waals surface area contributed by atoms with Crippen LogP contribution in [0.5, 0.6) is 0 Å². The fourth-order valence-corrected chi connectivity index (χ4v) is 2.91. The third-order valence-corrected chi connectivity index (χ3v) is 4.39. The molecule has 2 N–H and O–H groups in total. The van der Waals surface area contributed by atoms with Gasteiger partial charge in [-0.1, -0.05) is 0 Å². The number of amides is 3. The largest absolute Gasteiger partial charge is 0.369 e. The number of carbonyl (C=O) groups excluding carboxylic acids is 2. The lowest BCUT2D eigenvalue weighted by Crippen LogP contribution is -2.56. The third kappa shape index (κ3) is 5.92. The second kappa shape index (κ2) is 8.34. The summed E-state index contributed by atoms with van der Waals surface area (Å²) in [7, 11) is 0. The van der Waals surface area contributed by atoms with Gasteiger partial charge in [0.05, 0.1) is 11.0 Å². The molecule has 1 aliphatic heterocycles. The molecule has 3 amide bonds. The van der Waals surface area contributed by atoms with Crippen molar-refractivity contribution in [3.8, 4) is 0 Å². The molecule has 0 spiro atoms. The number of piperazine rings is 1. The monoisotopic (exact) mass is 377 g/mol.